The molecule has 22 heavy (non-hydrogen) atoms. The van der Waals surface area contributed by atoms with E-state index < -0.39 is 0 Å². The highest BCUT2D eigenvalue weighted by atomic mass is 16.2. The van der Waals surface area contributed by atoms with Crippen LogP contribution in [0.2, 0.25) is 0 Å². The number of nitrogens with one attached hydrogen (secondary N) is 1. The quantitative estimate of drug-likeness (QED) is 0.866. The van der Waals surface area contributed by atoms with Crippen LogP contribution in [0.5, 0.6) is 0 Å². The Bertz CT molecular complexity index is 622. The fourth-order valence-corrected chi connectivity index (χ4v) is 3.59. The lowest BCUT2D eigenvalue weighted by atomic mass is 9.77. The summed E-state index contributed by atoms with van der Waals surface area (Å²) in [5.41, 5.74) is 2.40. The van der Waals surface area contributed by atoms with Crippen molar-refractivity contribution in [1.29, 1.82) is 0 Å². The lowest BCUT2D eigenvalue weighted by molar-refractivity contribution is -0.117. The van der Waals surface area contributed by atoms with Crippen molar-refractivity contribution in [3.63, 3.8) is 0 Å². The van der Waals surface area contributed by atoms with Crippen molar-refractivity contribution in [2.45, 2.75) is 45.4 Å². The van der Waals surface area contributed by atoms with Crippen LogP contribution in [0.1, 0.15) is 56.0 Å². The number of hydrogen-bond acceptors (Lipinski definition) is 2. The molecule has 1 atom stereocenters. The normalized spacial score (nSPS) is 23.7. The zero-order valence-electron chi connectivity index (χ0n) is 13.6. The van der Waals surface area contributed by atoms with Crippen LogP contribution < -0.4 is 5.32 Å². The van der Waals surface area contributed by atoms with Crippen LogP contribution in [0, 0.1) is 5.92 Å². The largest absolute Gasteiger partial charge is 0.338 e. The predicted octanol–water partition coefficient (Wildman–Crippen LogP) is 3.18. The van der Waals surface area contributed by atoms with Crippen LogP contribution in [0.25, 0.3) is 0 Å². The maximum atomic E-state index is 12.7. The van der Waals surface area contributed by atoms with Crippen molar-refractivity contribution in [1.82, 2.24) is 4.90 Å². The average molecular weight is 300 g/mol. The van der Waals surface area contributed by atoms with Crippen molar-refractivity contribution >= 4 is 17.5 Å². The van der Waals surface area contributed by atoms with Crippen LogP contribution >= 0.6 is 0 Å². The second-order valence-corrected chi connectivity index (χ2v) is 7.37. The summed E-state index contributed by atoms with van der Waals surface area (Å²) >= 11 is 0. The highest BCUT2D eigenvalue weighted by Crippen LogP contribution is 2.37. The van der Waals surface area contributed by atoms with E-state index in [1.165, 1.54) is 6.42 Å². The van der Waals surface area contributed by atoms with Gasteiger partial charge in [0.15, 0.2) is 0 Å². The zero-order chi connectivity index (χ0) is 15.9. The number of carbonyl (C=O) groups is 2. The summed E-state index contributed by atoms with van der Waals surface area (Å²) in [5.74, 6) is 0.731. The fourth-order valence-electron chi connectivity index (χ4n) is 3.59. The van der Waals surface area contributed by atoms with Gasteiger partial charge in [0.25, 0.3) is 5.91 Å². The molecule has 1 unspecified atom stereocenters. The summed E-state index contributed by atoms with van der Waals surface area (Å²) in [5, 5.41) is 2.90. The van der Waals surface area contributed by atoms with Crippen molar-refractivity contribution in [3.8, 4) is 0 Å². The number of anilines is 1. The Hall–Kier alpha value is -1.84. The molecule has 2 aliphatic heterocycles. The predicted molar refractivity (Wildman–Crippen MR) is 87.0 cm³/mol. The second-order valence-electron chi connectivity index (χ2n) is 7.37. The van der Waals surface area contributed by atoms with E-state index >= 15 is 0 Å². The van der Waals surface area contributed by atoms with Gasteiger partial charge in [-0.2, -0.15) is 0 Å². The molecule has 0 spiro atoms. The van der Waals surface area contributed by atoms with Gasteiger partial charge in [0.05, 0.1) is 0 Å². The van der Waals surface area contributed by atoms with Gasteiger partial charge in [-0.3, -0.25) is 9.59 Å². The molecule has 1 aromatic carbocycles. The molecule has 0 bridgehead atoms. The average Bonchev–Trinajstić information content (AvgIpc) is 2.45. The summed E-state index contributed by atoms with van der Waals surface area (Å²) < 4.78 is 0. The minimum Gasteiger partial charge on any atom is -0.338 e. The second kappa shape index (κ2) is 5.41. The van der Waals surface area contributed by atoms with Crippen molar-refractivity contribution in [3.05, 3.63) is 29.3 Å². The highest BCUT2D eigenvalue weighted by molar-refractivity contribution is 5.99. The lowest BCUT2D eigenvalue weighted by Crippen LogP contribution is -2.39. The third-order valence-electron chi connectivity index (χ3n) is 4.82. The third-order valence-corrected chi connectivity index (χ3v) is 4.82. The number of amides is 2. The minimum atomic E-state index is -0.233. The SMILES string of the molecule is CC1CCCN(C(=O)c2ccc3c(c2)C(C)(C)CC(=O)N3)C1. The van der Waals surface area contributed by atoms with Gasteiger partial charge in [-0.1, -0.05) is 20.8 Å². The molecule has 2 aliphatic rings. The number of hydrogen-bond donors (Lipinski definition) is 1. The number of piperidine rings is 1. The van der Waals surface area contributed by atoms with Gasteiger partial charge in [-0.15, -0.1) is 0 Å². The maximum Gasteiger partial charge on any atom is 0.253 e. The summed E-state index contributed by atoms with van der Waals surface area (Å²) in [7, 11) is 0. The summed E-state index contributed by atoms with van der Waals surface area (Å²) in [4.78, 5) is 26.5. The third kappa shape index (κ3) is 2.74. The lowest BCUT2D eigenvalue weighted by Gasteiger charge is -2.34. The highest BCUT2D eigenvalue weighted by Gasteiger charge is 2.33. The Kier molecular flexibility index (Phi) is 3.71. The Balaban J connectivity index is 1.90. The first-order chi connectivity index (χ1) is 10.4. The smallest absolute Gasteiger partial charge is 0.253 e. The van der Waals surface area contributed by atoms with E-state index in [2.05, 4.69) is 26.1 Å². The Morgan fingerprint density at radius 1 is 1.36 bits per heavy atom. The summed E-state index contributed by atoms with van der Waals surface area (Å²) in [6.45, 7) is 8.00. The molecular formula is C18H24N2O2. The monoisotopic (exact) mass is 300 g/mol. The first kappa shape index (κ1) is 15.1. The van der Waals surface area contributed by atoms with Gasteiger partial charge >= 0.3 is 0 Å². The summed E-state index contributed by atoms with van der Waals surface area (Å²) in [6, 6.07) is 5.67. The van der Waals surface area contributed by atoms with Crippen LogP contribution in [0.3, 0.4) is 0 Å². The molecule has 0 aromatic heterocycles. The Labute approximate surface area is 131 Å². The van der Waals surface area contributed by atoms with E-state index in [4.69, 9.17) is 0 Å². The minimum absolute atomic E-state index is 0.0430. The van der Waals surface area contributed by atoms with Crippen LogP contribution in [-0.2, 0) is 10.2 Å². The number of benzene rings is 1. The van der Waals surface area contributed by atoms with Crippen molar-refractivity contribution in [2.24, 2.45) is 5.92 Å². The van der Waals surface area contributed by atoms with Crippen LogP contribution in [0.4, 0.5) is 5.69 Å². The van der Waals surface area contributed by atoms with Gasteiger partial charge < -0.3 is 10.2 Å². The molecule has 1 aromatic rings. The molecule has 0 radical (unpaired) electrons. The van der Waals surface area contributed by atoms with Crippen molar-refractivity contribution < 1.29 is 9.59 Å². The number of carbonyl (C=O) groups excluding carboxylic acids is 2. The van der Waals surface area contributed by atoms with Gasteiger partial charge in [-0.05, 0) is 42.5 Å². The number of rotatable bonds is 1. The van der Waals surface area contributed by atoms with Crippen molar-refractivity contribution in [2.75, 3.05) is 18.4 Å². The van der Waals surface area contributed by atoms with E-state index in [1.807, 2.05) is 23.1 Å². The molecule has 1 N–H and O–H groups in total. The van der Waals surface area contributed by atoms with Crippen LogP contribution in [0.15, 0.2) is 18.2 Å². The number of fused-ring (bicyclic) bond motifs is 1. The fraction of sp³-hybridized carbons (Fsp3) is 0.556. The molecular weight excluding hydrogens is 276 g/mol. The number of nitrogens with zero attached hydrogens (tertiary/aromatic N) is 1. The standard InChI is InChI=1S/C18H24N2O2/c1-12-5-4-8-20(11-12)17(22)13-6-7-15-14(9-13)18(2,3)10-16(21)19-15/h6-7,9,12H,4-5,8,10-11H2,1-3H3,(H,19,21). The van der Waals surface area contributed by atoms with E-state index in [0.29, 0.717) is 12.3 Å². The van der Waals surface area contributed by atoms with Crippen LogP contribution in [-0.4, -0.2) is 29.8 Å². The van der Waals surface area contributed by atoms with Gasteiger partial charge in [0.1, 0.15) is 0 Å². The molecule has 118 valence electrons. The topological polar surface area (TPSA) is 49.4 Å². The first-order valence-electron chi connectivity index (χ1n) is 8.10. The van der Waals surface area contributed by atoms with E-state index in [0.717, 1.165) is 36.3 Å². The van der Waals surface area contributed by atoms with E-state index in [1.54, 1.807) is 0 Å². The summed E-state index contributed by atoms with van der Waals surface area (Å²) in [6.07, 6.45) is 2.74. The Morgan fingerprint density at radius 2 is 2.14 bits per heavy atom. The molecule has 4 nitrogen and oxygen atoms in total. The molecule has 1 fully saturated rings. The van der Waals surface area contributed by atoms with E-state index in [9.17, 15) is 9.59 Å². The van der Waals surface area contributed by atoms with Gasteiger partial charge in [0.2, 0.25) is 5.91 Å². The zero-order valence-corrected chi connectivity index (χ0v) is 13.6. The molecule has 1 saturated heterocycles. The molecule has 0 aliphatic carbocycles. The maximum absolute atomic E-state index is 12.7. The van der Waals surface area contributed by atoms with Gasteiger partial charge in [0, 0.05) is 36.2 Å². The molecule has 3 rings (SSSR count). The first-order valence-corrected chi connectivity index (χ1v) is 8.10. The molecule has 2 heterocycles. The van der Waals surface area contributed by atoms with E-state index in [-0.39, 0.29) is 17.2 Å². The molecule has 0 saturated carbocycles. The number of likely N-dealkylation sites (tertiary alicyclic amines) is 1. The Morgan fingerprint density at radius 3 is 2.86 bits per heavy atom. The molecule has 2 amide bonds. The molecule has 4 heteroatoms. The van der Waals surface area contributed by atoms with Gasteiger partial charge in [-0.25, -0.2) is 0 Å².